The van der Waals surface area contributed by atoms with E-state index in [1.165, 1.54) is 48.9 Å². The number of hydrogen-bond acceptors (Lipinski definition) is 7. The van der Waals surface area contributed by atoms with E-state index in [-0.39, 0.29) is 23.7 Å². The molecule has 2 aromatic rings. The summed E-state index contributed by atoms with van der Waals surface area (Å²) < 4.78 is 44.6. The summed E-state index contributed by atoms with van der Waals surface area (Å²) in [6.45, 7) is 2.13. The van der Waals surface area contributed by atoms with Crippen LogP contribution in [0.15, 0.2) is 60.7 Å². The largest absolute Gasteiger partial charge is 0.481 e. The molecule has 5 N–H and O–H groups in total. The van der Waals surface area contributed by atoms with Gasteiger partial charge in [-0.1, -0.05) is 75.8 Å². The van der Waals surface area contributed by atoms with E-state index in [0.717, 1.165) is 63.2 Å². The summed E-state index contributed by atoms with van der Waals surface area (Å²) in [5.41, 5.74) is -3.66. The molecule has 0 aliphatic heterocycles. The fourth-order valence-electron chi connectivity index (χ4n) is 5.50. The van der Waals surface area contributed by atoms with Crippen LogP contribution in [0.25, 0.3) is 0 Å². The molecule has 286 valence electrons. The highest BCUT2D eigenvalue weighted by Crippen LogP contribution is 2.33. The van der Waals surface area contributed by atoms with Crippen LogP contribution < -0.4 is 10.1 Å². The molecule has 2 rings (SSSR count). The number of nitrogens with one attached hydrogen (secondary N) is 1. The van der Waals surface area contributed by atoms with E-state index in [9.17, 15) is 57.6 Å². The lowest BCUT2D eigenvalue weighted by Crippen LogP contribution is -2.55. The van der Waals surface area contributed by atoms with Crippen molar-refractivity contribution in [1.29, 1.82) is 0 Å². The Hall–Kier alpha value is -4.72. The summed E-state index contributed by atoms with van der Waals surface area (Å²) in [4.78, 5) is 61.1. The van der Waals surface area contributed by atoms with Gasteiger partial charge in [-0.05, 0) is 61.6 Å². The highest BCUT2D eigenvalue weighted by molar-refractivity contribution is 5.94. The molecule has 3 atom stereocenters. The maximum absolute atomic E-state index is 13.4. The molecule has 52 heavy (non-hydrogen) atoms. The Morgan fingerprint density at radius 2 is 1.44 bits per heavy atom. The van der Waals surface area contributed by atoms with Gasteiger partial charge >= 0.3 is 24.1 Å². The van der Waals surface area contributed by atoms with Crippen molar-refractivity contribution in [2.45, 2.75) is 115 Å². The van der Waals surface area contributed by atoms with Gasteiger partial charge in [-0.3, -0.25) is 14.4 Å². The zero-order valence-corrected chi connectivity index (χ0v) is 29.2. The van der Waals surface area contributed by atoms with Crippen LogP contribution in [0.1, 0.15) is 102 Å². The van der Waals surface area contributed by atoms with Crippen LogP contribution in [0.5, 0.6) is 11.5 Å². The van der Waals surface area contributed by atoms with E-state index in [2.05, 4.69) is 12.2 Å². The Kier molecular flexibility index (Phi) is 18.0. The third-order valence-electron chi connectivity index (χ3n) is 8.43. The molecule has 0 spiro atoms. The number of allylic oxidation sites excluding steroid dienone is 1. The zero-order valence-electron chi connectivity index (χ0n) is 29.2. The number of unbranched alkanes of at least 4 members (excludes halogenated alkanes) is 8. The van der Waals surface area contributed by atoms with E-state index in [1.54, 1.807) is 0 Å². The van der Waals surface area contributed by atoms with E-state index in [4.69, 9.17) is 4.74 Å². The third kappa shape index (κ3) is 15.3. The highest BCUT2D eigenvalue weighted by Gasteiger charge is 2.49. The normalized spacial score (nSPS) is 13.9. The summed E-state index contributed by atoms with van der Waals surface area (Å²) in [5, 5.41) is 42.0. The topological polar surface area (TPSA) is 188 Å². The van der Waals surface area contributed by atoms with Gasteiger partial charge < -0.3 is 30.5 Å². The quantitative estimate of drug-likeness (QED) is 0.0510. The van der Waals surface area contributed by atoms with Crippen molar-refractivity contribution >= 4 is 29.6 Å². The molecule has 0 radical (unpaired) electrons. The van der Waals surface area contributed by atoms with Crippen LogP contribution in [0.4, 0.5) is 13.2 Å². The van der Waals surface area contributed by atoms with Gasteiger partial charge in [0.15, 0.2) is 5.60 Å². The monoisotopic (exact) mass is 735 g/mol. The molecule has 11 nitrogen and oxygen atoms in total. The third-order valence-corrected chi connectivity index (χ3v) is 8.43. The SMILES string of the molecule is CCCCCCCC(=O)CCCCCC/C=C/C(C(=O)NC(Cc1ccc(Oc2cccc(C(F)(F)F)c2)cc1)C(=O)O)C(O)(CC(=O)O)C(=O)O. The molecular weight excluding hydrogens is 687 g/mol. The first-order valence-electron chi connectivity index (χ1n) is 17.4. The second-order valence-electron chi connectivity index (χ2n) is 12.7. The summed E-state index contributed by atoms with van der Waals surface area (Å²) >= 11 is 0. The predicted octanol–water partition coefficient (Wildman–Crippen LogP) is 7.34. The van der Waals surface area contributed by atoms with Gasteiger partial charge in [0.2, 0.25) is 5.91 Å². The smallest absolute Gasteiger partial charge is 0.416 e. The van der Waals surface area contributed by atoms with Crippen LogP contribution in [-0.4, -0.2) is 61.7 Å². The van der Waals surface area contributed by atoms with Crippen LogP contribution >= 0.6 is 0 Å². The second-order valence-corrected chi connectivity index (χ2v) is 12.7. The first kappa shape index (κ1) is 43.4. The summed E-state index contributed by atoms with van der Waals surface area (Å²) in [6.07, 6.45) is 5.88. The van der Waals surface area contributed by atoms with E-state index >= 15 is 0 Å². The molecule has 3 unspecified atom stereocenters. The molecule has 0 heterocycles. The number of amides is 1. The van der Waals surface area contributed by atoms with Crippen LogP contribution in [-0.2, 0) is 36.6 Å². The number of halogens is 3. The number of aliphatic carboxylic acids is 3. The van der Waals surface area contributed by atoms with Crippen molar-refractivity contribution in [3.05, 3.63) is 71.8 Å². The van der Waals surface area contributed by atoms with Crippen LogP contribution in [0.3, 0.4) is 0 Å². The summed E-state index contributed by atoms with van der Waals surface area (Å²) in [7, 11) is 0. The fraction of sp³-hybridized carbons (Fsp3) is 0.500. The van der Waals surface area contributed by atoms with Crippen molar-refractivity contribution < 1.29 is 62.3 Å². The maximum Gasteiger partial charge on any atom is 0.416 e. The lowest BCUT2D eigenvalue weighted by molar-refractivity contribution is -0.172. The minimum atomic E-state index is -4.57. The van der Waals surface area contributed by atoms with Crippen molar-refractivity contribution in [2.24, 2.45) is 5.92 Å². The van der Waals surface area contributed by atoms with E-state index < -0.39 is 59.5 Å². The van der Waals surface area contributed by atoms with Gasteiger partial charge in [-0.2, -0.15) is 13.2 Å². The van der Waals surface area contributed by atoms with Gasteiger partial charge in [0.25, 0.3) is 0 Å². The number of alkyl halides is 3. The number of rotatable bonds is 25. The number of benzene rings is 2. The number of aliphatic hydroxyl groups is 1. The highest BCUT2D eigenvalue weighted by atomic mass is 19.4. The Balaban J connectivity index is 2.04. The van der Waals surface area contributed by atoms with Crippen molar-refractivity contribution in [3.63, 3.8) is 0 Å². The van der Waals surface area contributed by atoms with Crippen molar-refractivity contribution in [2.75, 3.05) is 0 Å². The molecule has 14 heteroatoms. The molecule has 0 saturated carbocycles. The van der Waals surface area contributed by atoms with Gasteiger partial charge in [-0.25, -0.2) is 9.59 Å². The molecule has 0 aliphatic rings. The van der Waals surface area contributed by atoms with E-state index in [0.29, 0.717) is 31.2 Å². The van der Waals surface area contributed by atoms with Gasteiger partial charge in [0.05, 0.1) is 17.9 Å². The number of carboxylic acids is 3. The van der Waals surface area contributed by atoms with E-state index in [1.807, 2.05) is 0 Å². The Morgan fingerprint density at radius 1 is 0.827 bits per heavy atom. The average molecular weight is 736 g/mol. The molecule has 0 aliphatic carbocycles. The number of carbonyl (C=O) groups excluding carboxylic acids is 2. The minimum Gasteiger partial charge on any atom is -0.481 e. The summed E-state index contributed by atoms with van der Waals surface area (Å²) in [5.74, 6) is -8.10. The summed E-state index contributed by atoms with van der Waals surface area (Å²) in [6, 6.07) is 8.18. The molecule has 2 aromatic carbocycles. The Labute approximate surface area is 300 Å². The van der Waals surface area contributed by atoms with Crippen molar-refractivity contribution in [1.82, 2.24) is 5.32 Å². The standard InChI is InChI=1S/C38H48F3NO10/c1-2-3-4-7-10-15-28(43)16-11-8-5-6-9-12-18-31(37(51,36(49)50)25-33(44)45)34(46)42-32(35(47)48)23-26-19-21-29(22-20-26)52-30-17-13-14-27(24-30)38(39,40)41/h12-14,17-22,24,31-32,51H,2-11,15-16,23,25H2,1H3,(H,42,46)(H,44,45)(H,47,48)(H,49,50)/b18-12+. The fourth-order valence-corrected chi connectivity index (χ4v) is 5.50. The Morgan fingerprint density at radius 3 is 2.00 bits per heavy atom. The molecule has 0 aromatic heterocycles. The first-order chi connectivity index (χ1) is 24.6. The average Bonchev–Trinajstić information content (AvgIpc) is 3.07. The van der Waals surface area contributed by atoms with Gasteiger partial charge in [0.1, 0.15) is 23.3 Å². The molecule has 0 fully saturated rings. The van der Waals surface area contributed by atoms with Gasteiger partial charge in [0, 0.05) is 19.3 Å². The van der Waals surface area contributed by atoms with Crippen LogP contribution in [0.2, 0.25) is 0 Å². The molecule has 0 saturated heterocycles. The molecule has 0 bridgehead atoms. The number of Topliss-reactive ketones (excluding diaryl/α,β-unsaturated/α-hetero) is 1. The maximum atomic E-state index is 13.4. The number of carbonyl (C=O) groups is 5. The van der Waals surface area contributed by atoms with Crippen LogP contribution in [0, 0.1) is 5.92 Å². The number of carboxylic acid groups (broad SMARTS) is 3. The minimum absolute atomic E-state index is 0.0834. The number of hydrogen-bond donors (Lipinski definition) is 5. The predicted molar refractivity (Wildman–Crippen MR) is 185 cm³/mol. The Bertz CT molecular complexity index is 1510. The zero-order chi connectivity index (χ0) is 38.7. The molecule has 1 amide bonds. The van der Waals surface area contributed by atoms with Crippen molar-refractivity contribution in [3.8, 4) is 11.5 Å². The second kappa shape index (κ2) is 21.6. The number of ether oxygens (including phenoxy) is 1. The number of ketones is 1. The lowest BCUT2D eigenvalue weighted by atomic mass is 9.82. The van der Waals surface area contributed by atoms with Gasteiger partial charge in [-0.15, -0.1) is 0 Å². The molecular formula is C38H48F3NO10. The lowest BCUT2D eigenvalue weighted by Gasteiger charge is -2.29. The first-order valence-corrected chi connectivity index (χ1v) is 17.4.